The van der Waals surface area contributed by atoms with Gasteiger partial charge in [-0.15, -0.1) is 0 Å². The molecule has 3 aromatic heterocycles. The lowest BCUT2D eigenvalue weighted by Crippen LogP contribution is -2.21. The maximum atomic E-state index is 11.0. The second kappa shape index (κ2) is 6.39. The maximum absolute atomic E-state index is 11.0. The minimum Gasteiger partial charge on any atom is -0.356 e. The number of H-pyrrole nitrogens is 1. The van der Waals surface area contributed by atoms with Gasteiger partial charge in [0.1, 0.15) is 5.52 Å². The standard InChI is InChI=1S/C19H19N5O/c1-13(25)20-7-4-10-24-12-15(14-5-2-3-6-18(14)24)16-11-17-19(23-16)22-9-8-21-17/h2-3,5-6,8-9,11-12H,4,7,10H2,1H3,(H,20,25)(H,22,23). The summed E-state index contributed by atoms with van der Waals surface area (Å²) in [5.74, 6) is 0.0103. The molecule has 126 valence electrons. The molecular weight excluding hydrogens is 314 g/mol. The van der Waals surface area contributed by atoms with E-state index < -0.39 is 0 Å². The van der Waals surface area contributed by atoms with Crippen LogP contribution in [0.2, 0.25) is 0 Å². The lowest BCUT2D eigenvalue weighted by molar-refractivity contribution is -0.118. The minimum absolute atomic E-state index is 0.0103. The van der Waals surface area contributed by atoms with Gasteiger partial charge in [0.2, 0.25) is 5.91 Å². The van der Waals surface area contributed by atoms with Gasteiger partial charge < -0.3 is 14.9 Å². The number of fused-ring (bicyclic) bond motifs is 2. The molecule has 0 bridgehead atoms. The topological polar surface area (TPSA) is 75.6 Å². The van der Waals surface area contributed by atoms with Gasteiger partial charge in [-0.25, -0.2) is 4.98 Å². The molecule has 2 N–H and O–H groups in total. The van der Waals surface area contributed by atoms with E-state index in [1.165, 1.54) is 10.9 Å². The monoisotopic (exact) mass is 333 g/mol. The highest BCUT2D eigenvalue weighted by Crippen LogP contribution is 2.31. The van der Waals surface area contributed by atoms with Crippen LogP contribution in [0, 0.1) is 0 Å². The fraction of sp³-hybridized carbons (Fsp3) is 0.211. The van der Waals surface area contributed by atoms with E-state index in [0.29, 0.717) is 6.54 Å². The van der Waals surface area contributed by atoms with Crippen LogP contribution < -0.4 is 5.32 Å². The van der Waals surface area contributed by atoms with Gasteiger partial charge in [0.05, 0.1) is 5.69 Å². The fourth-order valence-corrected chi connectivity index (χ4v) is 3.16. The second-order valence-corrected chi connectivity index (χ2v) is 6.06. The summed E-state index contributed by atoms with van der Waals surface area (Å²) in [5.41, 5.74) is 4.98. The number of hydrogen-bond acceptors (Lipinski definition) is 3. The van der Waals surface area contributed by atoms with E-state index >= 15 is 0 Å². The van der Waals surface area contributed by atoms with E-state index in [1.54, 1.807) is 19.3 Å². The number of carbonyl (C=O) groups excluding carboxylic acids is 1. The van der Waals surface area contributed by atoms with Crippen molar-refractivity contribution in [3.63, 3.8) is 0 Å². The summed E-state index contributed by atoms with van der Waals surface area (Å²) in [7, 11) is 0. The van der Waals surface area contributed by atoms with E-state index in [0.717, 1.165) is 35.4 Å². The van der Waals surface area contributed by atoms with Gasteiger partial charge in [-0.1, -0.05) is 18.2 Å². The Bertz CT molecular complexity index is 1010. The molecule has 0 unspecified atom stereocenters. The molecule has 0 radical (unpaired) electrons. The van der Waals surface area contributed by atoms with Crippen LogP contribution in [0.4, 0.5) is 0 Å². The Morgan fingerprint density at radius 3 is 2.92 bits per heavy atom. The van der Waals surface area contributed by atoms with E-state index in [4.69, 9.17) is 0 Å². The third-order valence-corrected chi connectivity index (χ3v) is 4.29. The van der Waals surface area contributed by atoms with Crippen molar-refractivity contribution in [2.45, 2.75) is 19.9 Å². The molecule has 1 amide bonds. The summed E-state index contributed by atoms with van der Waals surface area (Å²) >= 11 is 0. The first-order valence-electron chi connectivity index (χ1n) is 8.35. The number of para-hydroxylation sites is 1. The predicted molar refractivity (Wildman–Crippen MR) is 98.1 cm³/mol. The number of rotatable bonds is 5. The first-order valence-corrected chi connectivity index (χ1v) is 8.35. The summed E-state index contributed by atoms with van der Waals surface area (Å²) in [6.45, 7) is 3.07. The Morgan fingerprint density at radius 2 is 2.08 bits per heavy atom. The number of nitrogens with zero attached hydrogens (tertiary/aromatic N) is 3. The molecule has 6 heteroatoms. The van der Waals surface area contributed by atoms with Crippen molar-refractivity contribution in [1.82, 2.24) is 24.8 Å². The Kier molecular flexibility index (Phi) is 3.93. The maximum Gasteiger partial charge on any atom is 0.216 e. The number of amides is 1. The highest BCUT2D eigenvalue weighted by molar-refractivity contribution is 5.97. The van der Waals surface area contributed by atoms with E-state index in [-0.39, 0.29) is 5.91 Å². The van der Waals surface area contributed by atoms with Crippen molar-refractivity contribution in [3.8, 4) is 11.3 Å². The van der Waals surface area contributed by atoms with Gasteiger partial charge in [0, 0.05) is 55.1 Å². The van der Waals surface area contributed by atoms with Crippen LogP contribution in [0.25, 0.3) is 33.3 Å². The van der Waals surface area contributed by atoms with Crippen LogP contribution >= 0.6 is 0 Å². The number of carbonyl (C=O) groups is 1. The van der Waals surface area contributed by atoms with Crippen molar-refractivity contribution < 1.29 is 4.79 Å². The molecule has 0 fully saturated rings. The number of benzene rings is 1. The number of aromatic amines is 1. The van der Waals surface area contributed by atoms with Crippen molar-refractivity contribution in [1.29, 1.82) is 0 Å². The Hall–Kier alpha value is -3.15. The normalized spacial score (nSPS) is 11.2. The number of nitrogens with one attached hydrogen (secondary N) is 2. The molecule has 4 aromatic rings. The van der Waals surface area contributed by atoms with Gasteiger partial charge >= 0.3 is 0 Å². The SMILES string of the molecule is CC(=O)NCCCn1cc(-c2cc3nccnc3[nH]2)c2ccccc21. The minimum atomic E-state index is 0.0103. The highest BCUT2D eigenvalue weighted by atomic mass is 16.1. The summed E-state index contributed by atoms with van der Waals surface area (Å²) in [4.78, 5) is 23.0. The molecule has 25 heavy (non-hydrogen) atoms. The molecule has 0 aliphatic rings. The van der Waals surface area contributed by atoms with Crippen molar-refractivity contribution in [2.75, 3.05) is 6.54 Å². The molecular formula is C19H19N5O. The van der Waals surface area contributed by atoms with Crippen molar-refractivity contribution in [2.24, 2.45) is 0 Å². The Morgan fingerprint density at radius 1 is 1.24 bits per heavy atom. The van der Waals surface area contributed by atoms with Gasteiger partial charge in [-0.2, -0.15) is 0 Å². The number of aromatic nitrogens is 4. The second-order valence-electron chi connectivity index (χ2n) is 6.06. The molecule has 0 aliphatic heterocycles. The third-order valence-electron chi connectivity index (χ3n) is 4.29. The zero-order chi connectivity index (χ0) is 17.2. The van der Waals surface area contributed by atoms with Crippen LogP contribution in [-0.2, 0) is 11.3 Å². The molecule has 1 aromatic carbocycles. The average molecular weight is 333 g/mol. The molecule has 0 saturated carbocycles. The largest absolute Gasteiger partial charge is 0.356 e. The van der Waals surface area contributed by atoms with Crippen molar-refractivity contribution in [3.05, 3.63) is 48.9 Å². The smallest absolute Gasteiger partial charge is 0.216 e. The van der Waals surface area contributed by atoms with Crippen LogP contribution in [0.5, 0.6) is 0 Å². The zero-order valence-electron chi connectivity index (χ0n) is 14.0. The molecule has 0 saturated heterocycles. The zero-order valence-corrected chi connectivity index (χ0v) is 14.0. The lowest BCUT2D eigenvalue weighted by atomic mass is 10.1. The number of hydrogen-bond donors (Lipinski definition) is 2. The van der Waals surface area contributed by atoms with Gasteiger partial charge in [-0.05, 0) is 18.6 Å². The summed E-state index contributed by atoms with van der Waals surface area (Å²) < 4.78 is 2.23. The Labute approximate surface area is 144 Å². The molecule has 0 spiro atoms. The van der Waals surface area contributed by atoms with Gasteiger partial charge in [0.15, 0.2) is 5.65 Å². The molecule has 6 nitrogen and oxygen atoms in total. The highest BCUT2D eigenvalue weighted by Gasteiger charge is 2.12. The number of aryl methyl sites for hydroxylation is 1. The summed E-state index contributed by atoms with van der Waals surface area (Å²) in [5, 5.41) is 4.03. The quantitative estimate of drug-likeness (QED) is 0.551. The Balaban J connectivity index is 1.70. The average Bonchev–Trinajstić information content (AvgIpc) is 3.20. The molecule has 0 atom stereocenters. The molecule has 0 aliphatic carbocycles. The first-order chi connectivity index (χ1) is 12.2. The van der Waals surface area contributed by atoms with E-state index in [9.17, 15) is 4.79 Å². The summed E-state index contributed by atoms with van der Waals surface area (Å²) in [6.07, 6.45) is 6.43. The van der Waals surface area contributed by atoms with Crippen LogP contribution in [0.1, 0.15) is 13.3 Å². The fourth-order valence-electron chi connectivity index (χ4n) is 3.16. The van der Waals surface area contributed by atoms with Crippen LogP contribution in [0.15, 0.2) is 48.9 Å². The predicted octanol–water partition coefficient (Wildman–Crippen LogP) is 3.11. The van der Waals surface area contributed by atoms with E-state index in [2.05, 4.69) is 43.2 Å². The van der Waals surface area contributed by atoms with Crippen molar-refractivity contribution >= 4 is 28.0 Å². The third kappa shape index (κ3) is 2.98. The van der Waals surface area contributed by atoms with Crippen LogP contribution in [-0.4, -0.2) is 32.0 Å². The van der Waals surface area contributed by atoms with Gasteiger partial charge in [-0.3, -0.25) is 9.78 Å². The summed E-state index contributed by atoms with van der Waals surface area (Å²) in [6, 6.07) is 10.4. The van der Waals surface area contributed by atoms with E-state index in [1.807, 2.05) is 18.2 Å². The van der Waals surface area contributed by atoms with Gasteiger partial charge in [0.25, 0.3) is 0 Å². The van der Waals surface area contributed by atoms with Crippen LogP contribution in [0.3, 0.4) is 0 Å². The lowest BCUT2D eigenvalue weighted by Gasteiger charge is -2.05. The molecule has 3 heterocycles. The first kappa shape index (κ1) is 15.4. The molecule has 4 rings (SSSR count).